The second kappa shape index (κ2) is 6.07. The zero-order valence-corrected chi connectivity index (χ0v) is 14.9. The predicted molar refractivity (Wildman–Crippen MR) is 93.5 cm³/mol. The molecule has 0 nitrogen and oxygen atoms in total. The number of hydrogen-bond acceptors (Lipinski definition) is 0. The van der Waals surface area contributed by atoms with E-state index in [0.717, 1.165) is 10.9 Å². The molecule has 0 bridgehead atoms. The zero-order valence-electron chi connectivity index (χ0n) is 12.6. The van der Waals surface area contributed by atoms with Crippen molar-refractivity contribution in [3.63, 3.8) is 0 Å². The lowest BCUT2D eigenvalue weighted by Gasteiger charge is -2.29. The molecule has 20 heavy (non-hydrogen) atoms. The van der Waals surface area contributed by atoms with Gasteiger partial charge in [-0.2, -0.15) is 0 Å². The Morgan fingerprint density at radius 1 is 1.05 bits per heavy atom. The molecule has 0 heterocycles. The summed E-state index contributed by atoms with van der Waals surface area (Å²) >= 11 is 10.3. The van der Waals surface area contributed by atoms with Gasteiger partial charge in [0, 0.05) is 4.47 Å². The first-order valence-electron chi connectivity index (χ1n) is 7.12. The molecule has 2 atom stereocenters. The molecule has 0 aliphatic rings. The van der Waals surface area contributed by atoms with Gasteiger partial charge in [0.1, 0.15) is 0 Å². The quantitative estimate of drug-likeness (QED) is 0.523. The van der Waals surface area contributed by atoms with Crippen LogP contribution in [0.5, 0.6) is 0 Å². The van der Waals surface area contributed by atoms with Crippen LogP contribution in [0.1, 0.15) is 45.1 Å². The van der Waals surface area contributed by atoms with Crippen LogP contribution >= 0.6 is 27.5 Å². The molecule has 0 saturated heterocycles. The molecule has 2 aromatic carbocycles. The van der Waals surface area contributed by atoms with E-state index in [0.29, 0.717) is 5.92 Å². The number of alkyl halides is 1. The highest BCUT2D eigenvalue weighted by Crippen LogP contribution is 2.39. The first-order chi connectivity index (χ1) is 9.30. The maximum absolute atomic E-state index is 6.72. The molecule has 0 aromatic heterocycles. The lowest BCUT2D eigenvalue weighted by atomic mass is 9.78. The van der Waals surface area contributed by atoms with Crippen LogP contribution in [0.15, 0.2) is 40.9 Å². The summed E-state index contributed by atoms with van der Waals surface area (Å²) in [6.45, 7) is 9.12. The Labute approximate surface area is 135 Å². The van der Waals surface area contributed by atoms with Crippen molar-refractivity contribution in [1.82, 2.24) is 0 Å². The molecule has 0 N–H and O–H groups in total. The summed E-state index contributed by atoms with van der Waals surface area (Å²) in [5.41, 5.74) is 1.53. The Balaban J connectivity index is 2.36. The van der Waals surface area contributed by atoms with Gasteiger partial charge in [-0.3, -0.25) is 0 Å². The maximum Gasteiger partial charge on any atom is 0.0594 e. The van der Waals surface area contributed by atoms with Crippen molar-refractivity contribution >= 4 is 38.3 Å². The molecule has 2 unspecified atom stereocenters. The molecule has 2 heteroatoms. The van der Waals surface area contributed by atoms with Crippen molar-refractivity contribution in [2.75, 3.05) is 0 Å². The van der Waals surface area contributed by atoms with Crippen molar-refractivity contribution in [3.8, 4) is 0 Å². The fraction of sp³-hybridized carbons (Fsp3) is 0.444. The Kier molecular flexibility index (Phi) is 4.81. The van der Waals surface area contributed by atoms with E-state index in [9.17, 15) is 0 Å². The van der Waals surface area contributed by atoms with E-state index >= 15 is 0 Å². The monoisotopic (exact) mass is 352 g/mol. The molecule has 0 aliphatic carbocycles. The Hall–Kier alpha value is -0.530. The van der Waals surface area contributed by atoms with E-state index in [1.165, 1.54) is 16.3 Å². The molecular weight excluding hydrogens is 332 g/mol. The van der Waals surface area contributed by atoms with Crippen LogP contribution in [0.3, 0.4) is 0 Å². The standard InChI is InChI=1S/C18H22BrCl/c1-12(18(2,3)4)11-17(20)15-9-10-16(19)14-8-6-5-7-13(14)15/h5-10,12,17H,11H2,1-4H3. The van der Waals surface area contributed by atoms with Crippen LogP contribution in [-0.2, 0) is 0 Å². The molecule has 0 saturated carbocycles. The fourth-order valence-corrected chi connectivity index (χ4v) is 3.29. The third kappa shape index (κ3) is 3.38. The first-order valence-corrected chi connectivity index (χ1v) is 8.35. The summed E-state index contributed by atoms with van der Waals surface area (Å²) in [6, 6.07) is 12.7. The van der Waals surface area contributed by atoms with Gasteiger partial charge in [0.05, 0.1) is 5.38 Å². The van der Waals surface area contributed by atoms with Crippen LogP contribution in [0.25, 0.3) is 10.8 Å². The van der Waals surface area contributed by atoms with E-state index < -0.39 is 0 Å². The highest BCUT2D eigenvalue weighted by atomic mass is 79.9. The maximum atomic E-state index is 6.72. The number of benzene rings is 2. The number of hydrogen-bond donors (Lipinski definition) is 0. The molecule has 0 spiro atoms. The predicted octanol–water partition coefficient (Wildman–Crippen LogP) is 6.95. The zero-order chi connectivity index (χ0) is 14.9. The van der Waals surface area contributed by atoms with Crippen molar-refractivity contribution in [1.29, 1.82) is 0 Å². The van der Waals surface area contributed by atoms with E-state index in [-0.39, 0.29) is 10.8 Å². The minimum absolute atomic E-state index is 0.0576. The van der Waals surface area contributed by atoms with E-state index in [1.54, 1.807) is 0 Å². The van der Waals surface area contributed by atoms with Crippen molar-refractivity contribution in [2.24, 2.45) is 11.3 Å². The summed E-state index contributed by atoms with van der Waals surface area (Å²) < 4.78 is 1.13. The van der Waals surface area contributed by atoms with E-state index in [4.69, 9.17) is 11.6 Å². The first kappa shape index (κ1) is 15.9. The third-order valence-corrected chi connectivity index (χ3v) is 5.39. The second-order valence-electron chi connectivity index (χ2n) is 6.65. The largest absolute Gasteiger partial charge is 0.118 e. The SMILES string of the molecule is CC(CC(Cl)c1ccc(Br)c2ccccc12)C(C)(C)C. The van der Waals surface area contributed by atoms with Crippen molar-refractivity contribution in [3.05, 3.63) is 46.4 Å². The van der Waals surface area contributed by atoms with Crippen LogP contribution in [0, 0.1) is 11.3 Å². The number of halogens is 2. The van der Waals surface area contributed by atoms with Crippen LogP contribution in [0.2, 0.25) is 0 Å². The average Bonchev–Trinajstić information content (AvgIpc) is 2.38. The molecule has 0 aliphatic heterocycles. The molecule has 2 aromatic rings. The van der Waals surface area contributed by atoms with Crippen LogP contribution in [-0.4, -0.2) is 0 Å². The Bertz CT molecular complexity index is 598. The number of rotatable bonds is 3. The van der Waals surface area contributed by atoms with Gasteiger partial charge < -0.3 is 0 Å². The summed E-state index contributed by atoms with van der Waals surface area (Å²) in [6.07, 6.45) is 0.997. The third-order valence-electron chi connectivity index (χ3n) is 4.28. The van der Waals surface area contributed by atoms with Crippen molar-refractivity contribution in [2.45, 2.75) is 39.5 Å². The van der Waals surface area contributed by atoms with Gasteiger partial charge in [-0.05, 0) is 40.2 Å². The normalized spacial score (nSPS) is 15.3. The lowest BCUT2D eigenvalue weighted by molar-refractivity contribution is 0.245. The Morgan fingerprint density at radius 3 is 2.25 bits per heavy atom. The highest BCUT2D eigenvalue weighted by molar-refractivity contribution is 9.10. The molecular formula is C18H22BrCl. The van der Waals surface area contributed by atoms with Gasteiger partial charge in [0.2, 0.25) is 0 Å². The molecule has 0 fully saturated rings. The minimum Gasteiger partial charge on any atom is -0.118 e. The lowest BCUT2D eigenvalue weighted by Crippen LogP contribution is -2.18. The van der Waals surface area contributed by atoms with Crippen LogP contribution < -0.4 is 0 Å². The summed E-state index contributed by atoms with van der Waals surface area (Å²) in [5.74, 6) is 0.576. The van der Waals surface area contributed by atoms with Gasteiger partial charge in [0.25, 0.3) is 0 Å². The van der Waals surface area contributed by atoms with E-state index in [1.807, 2.05) is 0 Å². The van der Waals surface area contributed by atoms with Crippen LogP contribution in [0.4, 0.5) is 0 Å². The summed E-state index contributed by atoms with van der Waals surface area (Å²) in [7, 11) is 0. The van der Waals surface area contributed by atoms with Gasteiger partial charge in [-0.1, -0.05) is 74.0 Å². The van der Waals surface area contributed by atoms with Gasteiger partial charge >= 0.3 is 0 Å². The summed E-state index contributed by atoms with van der Waals surface area (Å²) in [5, 5.41) is 2.55. The Morgan fingerprint density at radius 2 is 1.65 bits per heavy atom. The molecule has 108 valence electrons. The number of fused-ring (bicyclic) bond motifs is 1. The average molecular weight is 354 g/mol. The fourth-order valence-electron chi connectivity index (χ4n) is 2.35. The minimum atomic E-state index is 0.0576. The molecule has 0 amide bonds. The van der Waals surface area contributed by atoms with Crippen molar-refractivity contribution < 1.29 is 0 Å². The molecule has 2 rings (SSSR count). The van der Waals surface area contributed by atoms with Gasteiger partial charge in [-0.25, -0.2) is 0 Å². The van der Waals surface area contributed by atoms with Gasteiger partial charge in [-0.15, -0.1) is 11.6 Å². The van der Waals surface area contributed by atoms with E-state index in [2.05, 4.69) is 80.0 Å². The second-order valence-corrected chi connectivity index (χ2v) is 8.03. The smallest absolute Gasteiger partial charge is 0.0594 e. The summed E-state index contributed by atoms with van der Waals surface area (Å²) in [4.78, 5) is 0. The molecule has 0 radical (unpaired) electrons. The highest BCUT2D eigenvalue weighted by Gasteiger charge is 2.24. The van der Waals surface area contributed by atoms with Gasteiger partial charge in [0.15, 0.2) is 0 Å². The topological polar surface area (TPSA) is 0 Å².